The van der Waals surface area contributed by atoms with Crippen molar-refractivity contribution >= 4 is 23.1 Å². The van der Waals surface area contributed by atoms with E-state index in [-0.39, 0.29) is 12.2 Å². The van der Waals surface area contributed by atoms with Crippen molar-refractivity contribution in [2.24, 2.45) is 10.2 Å². The first-order valence-electron chi connectivity index (χ1n) is 6.52. The maximum Gasteiger partial charge on any atom is 0.309 e. The third kappa shape index (κ3) is 2.78. The summed E-state index contributed by atoms with van der Waals surface area (Å²) in [5, 5.41) is 26.4. The fraction of sp³-hybridized carbons (Fsp3) is 0.0667. The van der Waals surface area contributed by atoms with Gasteiger partial charge in [0.25, 0.3) is 0 Å². The van der Waals surface area contributed by atoms with E-state index in [2.05, 4.69) is 15.2 Å². The highest BCUT2D eigenvalue weighted by molar-refractivity contribution is 5.72. The lowest BCUT2D eigenvalue weighted by Crippen LogP contribution is -2.00. The number of imidazole rings is 1. The number of nitrogens with zero attached hydrogens (tertiary/aromatic N) is 4. The highest BCUT2D eigenvalue weighted by atomic mass is 16.4. The highest BCUT2D eigenvalue weighted by Crippen LogP contribution is 2.25. The minimum atomic E-state index is -0.982. The van der Waals surface area contributed by atoms with Gasteiger partial charge >= 0.3 is 5.97 Å². The summed E-state index contributed by atoms with van der Waals surface area (Å²) in [6.07, 6.45) is 1.52. The molecule has 3 aromatic rings. The monoisotopic (exact) mass is 296 g/mol. The van der Waals surface area contributed by atoms with E-state index in [9.17, 15) is 9.90 Å². The van der Waals surface area contributed by atoms with E-state index in [4.69, 9.17) is 5.11 Å². The smallest absolute Gasteiger partial charge is 0.309 e. The summed E-state index contributed by atoms with van der Waals surface area (Å²) >= 11 is 0. The second kappa shape index (κ2) is 5.65. The lowest BCUT2D eigenvalue weighted by Gasteiger charge is -1.97. The molecule has 3 rings (SSSR count). The van der Waals surface area contributed by atoms with E-state index < -0.39 is 5.97 Å². The van der Waals surface area contributed by atoms with E-state index in [1.807, 2.05) is 6.07 Å². The molecular formula is C15H12N4O3. The summed E-state index contributed by atoms with van der Waals surface area (Å²) in [4.78, 5) is 15.2. The van der Waals surface area contributed by atoms with Crippen molar-refractivity contribution in [1.29, 1.82) is 0 Å². The Bertz CT molecular complexity index is 853. The topological polar surface area (TPSA) is 99.5 Å². The number of aliphatic carboxylic acids is 1. The molecule has 0 saturated carbocycles. The number of pyridine rings is 1. The Hall–Kier alpha value is -3.22. The number of phenols is 1. The molecule has 22 heavy (non-hydrogen) atoms. The number of aromatic nitrogens is 2. The average molecular weight is 296 g/mol. The van der Waals surface area contributed by atoms with Gasteiger partial charge in [0.1, 0.15) is 11.4 Å². The summed E-state index contributed by atoms with van der Waals surface area (Å²) in [5.74, 6) is -0.462. The molecule has 0 atom stereocenters. The normalized spacial score (nSPS) is 11.3. The Labute approximate surface area is 125 Å². The van der Waals surface area contributed by atoms with E-state index >= 15 is 0 Å². The number of aromatic hydroxyl groups is 1. The predicted octanol–water partition coefficient (Wildman–Crippen LogP) is 3.08. The Morgan fingerprint density at radius 1 is 1.14 bits per heavy atom. The van der Waals surface area contributed by atoms with Crippen molar-refractivity contribution in [3.63, 3.8) is 0 Å². The number of carboxylic acids is 1. The van der Waals surface area contributed by atoms with Gasteiger partial charge < -0.3 is 10.2 Å². The molecule has 0 aliphatic carbocycles. The summed E-state index contributed by atoms with van der Waals surface area (Å²) in [5.41, 5.74) is 1.50. The largest absolute Gasteiger partial charge is 0.508 e. The van der Waals surface area contributed by atoms with Crippen LogP contribution in [0.3, 0.4) is 0 Å². The molecule has 0 fully saturated rings. The van der Waals surface area contributed by atoms with Crippen LogP contribution < -0.4 is 0 Å². The zero-order valence-electron chi connectivity index (χ0n) is 11.4. The van der Waals surface area contributed by atoms with E-state index in [0.717, 1.165) is 0 Å². The van der Waals surface area contributed by atoms with Crippen LogP contribution in [0.2, 0.25) is 0 Å². The number of rotatable bonds is 4. The molecule has 0 aliphatic heterocycles. The van der Waals surface area contributed by atoms with Crippen molar-refractivity contribution in [3.05, 3.63) is 54.4 Å². The van der Waals surface area contributed by atoms with Crippen molar-refractivity contribution < 1.29 is 15.0 Å². The predicted molar refractivity (Wildman–Crippen MR) is 78.8 cm³/mol. The second-order valence-corrected chi connectivity index (χ2v) is 4.60. The highest BCUT2D eigenvalue weighted by Gasteiger charge is 2.14. The Morgan fingerprint density at radius 3 is 2.64 bits per heavy atom. The number of fused-ring (bicyclic) bond motifs is 1. The number of benzene rings is 1. The molecule has 2 heterocycles. The van der Waals surface area contributed by atoms with Crippen LogP contribution in [0, 0.1) is 0 Å². The number of carboxylic acid groups (broad SMARTS) is 1. The molecule has 0 radical (unpaired) electrons. The van der Waals surface area contributed by atoms with E-state index in [0.29, 0.717) is 22.8 Å². The molecule has 7 heteroatoms. The number of carbonyl (C=O) groups is 1. The van der Waals surface area contributed by atoms with E-state index in [1.165, 1.54) is 12.1 Å². The molecule has 0 bridgehead atoms. The number of phenolic OH excluding ortho intramolecular Hbond substituents is 1. The molecule has 2 aromatic heterocycles. The average Bonchev–Trinajstić information content (AvgIpc) is 2.83. The Kier molecular flexibility index (Phi) is 3.53. The summed E-state index contributed by atoms with van der Waals surface area (Å²) in [6.45, 7) is 0. The van der Waals surface area contributed by atoms with Gasteiger partial charge in [-0.25, -0.2) is 4.98 Å². The van der Waals surface area contributed by atoms with Crippen molar-refractivity contribution in [2.75, 3.05) is 0 Å². The second-order valence-electron chi connectivity index (χ2n) is 4.60. The van der Waals surface area contributed by atoms with Crippen LogP contribution in [0.1, 0.15) is 5.69 Å². The third-order valence-electron chi connectivity index (χ3n) is 3.00. The van der Waals surface area contributed by atoms with Gasteiger partial charge in [-0.15, -0.1) is 10.2 Å². The zero-order valence-corrected chi connectivity index (χ0v) is 11.4. The number of hydrogen-bond acceptors (Lipinski definition) is 5. The van der Waals surface area contributed by atoms with Crippen molar-refractivity contribution in [1.82, 2.24) is 9.38 Å². The third-order valence-corrected chi connectivity index (χ3v) is 3.00. The van der Waals surface area contributed by atoms with Gasteiger partial charge in [0.2, 0.25) is 0 Å². The molecule has 7 nitrogen and oxygen atoms in total. The lowest BCUT2D eigenvalue weighted by molar-refractivity contribution is -0.136. The van der Waals surface area contributed by atoms with Crippen LogP contribution in [-0.2, 0) is 11.2 Å². The minimum Gasteiger partial charge on any atom is -0.508 e. The Morgan fingerprint density at radius 2 is 1.91 bits per heavy atom. The molecule has 0 saturated heterocycles. The van der Waals surface area contributed by atoms with Crippen LogP contribution in [0.25, 0.3) is 5.65 Å². The fourth-order valence-electron chi connectivity index (χ4n) is 2.02. The minimum absolute atomic E-state index is 0.139. The van der Waals surface area contributed by atoms with Gasteiger partial charge in [-0.3, -0.25) is 9.20 Å². The summed E-state index contributed by atoms with van der Waals surface area (Å²) in [6, 6.07) is 11.6. The molecular weight excluding hydrogens is 284 g/mol. The maximum absolute atomic E-state index is 11.0. The molecule has 0 aliphatic rings. The fourth-order valence-corrected chi connectivity index (χ4v) is 2.02. The van der Waals surface area contributed by atoms with Gasteiger partial charge in [-0.1, -0.05) is 6.07 Å². The van der Waals surface area contributed by atoms with Crippen LogP contribution in [0.4, 0.5) is 11.5 Å². The van der Waals surface area contributed by atoms with Gasteiger partial charge in [-0.2, -0.15) is 0 Å². The van der Waals surface area contributed by atoms with Crippen LogP contribution >= 0.6 is 0 Å². The van der Waals surface area contributed by atoms with Crippen LogP contribution in [0.5, 0.6) is 5.75 Å². The van der Waals surface area contributed by atoms with Crippen molar-refractivity contribution in [3.8, 4) is 5.75 Å². The quantitative estimate of drug-likeness (QED) is 0.722. The zero-order chi connectivity index (χ0) is 15.5. The SMILES string of the molecule is O=C(O)Cc1nc2ccccn2c1N=Nc1ccc(O)cc1. The first-order chi connectivity index (χ1) is 10.6. The molecule has 1 aromatic carbocycles. The molecule has 0 spiro atoms. The summed E-state index contributed by atoms with van der Waals surface area (Å²) in [7, 11) is 0. The molecule has 0 unspecified atom stereocenters. The maximum atomic E-state index is 11.0. The van der Waals surface area contributed by atoms with Crippen LogP contribution in [-0.4, -0.2) is 25.6 Å². The van der Waals surface area contributed by atoms with Gasteiger partial charge in [0, 0.05) is 6.20 Å². The first-order valence-corrected chi connectivity index (χ1v) is 6.52. The van der Waals surface area contributed by atoms with Crippen LogP contribution in [0.15, 0.2) is 58.9 Å². The Balaban J connectivity index is 2.03. The van der Waals surface area contributed by atoms with Gasteiger partial charge in [-0.05, 0) is 36.4 Å². The van der Waals surface area contributed by atoms with E-state index in [1.54, 1.807) is 34.9 Å². The molecule has 2 N–H and O–H groups in total. The van der Waals surface area contributed by atoms with Gasteiger partial charge in [0.05, 0.1) is 17.8 Å². The van der Waals surface area contributed by atoms with Crippen molar-refractivity contribution in [2.45, 2.75) is 6.42 Å². The standard InChI is InChI=1S/C15H12N4O3/c20-11-6-4-10(5-7-11)17-18-15-12(9-14(21)22)16-13-3-1-2-8-19(13)15/h1-8,20H,9H2,(H,21,22). The first kappa shape index (κ1) is 13.7. The molecule has 0 amide bonds. The summed E-state index contributed by atoms with van der Waals surface area (Å²) < 4.78 is 1.68. The van der Waals surface area contributed by atoms with Gasteiger partial charge in [0.15, 0.2) is 5.82 Å². The number of azo groups is 1. The molecule has 110 valence electrons. The number of hydrogen-bond donors (Lipinski definition) is 2. The lowest BCUT2D eigenvalue weighted by atomic mass is 10.3.